The number of rotatable bonds is 6. The molecule has 0 heterocycles. The first kappa shape index (κ1) is 17.1. The summed E-state index contributed by atoms with van der Waals surface area (Å²) in [5.74, 6) is 0. The van der Waals surface area contributed by atoms with Gasteiger partial charge in [0.25, 0.3) is 5.69 Å². The van der Waals surface area contributed by atoms with Gasteiger partial charge in [-0.05, 0) is 36.8 Å². The highest BCUT2D eigenvalue weighted by Gasteiger charge is 2.17. The molecule has 1 unspecified atom stereocenters. The molecule has 23 heavy (non-hydrogen) atoms. The monoisotopic (exact) mass is 336 g/mol. The zero-order valence-electron chi connectivity index (χ0n) is 12.3. The third-order valence-electron chi connectivity index (χ3n) is 3.29. The first-order chi connectivity index (χ1) is 10.8. The van der Waals surface area contributed by atoms with Gasteiger partial charge in [0.1, 0.15) is 0 Å². The maximum absolute atomic E-state index is 12.1. The molecule has 0 aliphatic carbocycles. The summed E-state index contributed by atoms with van der Waals surface area (Å²) in [4.78, 5) is 10.1. The maximum Gasteiger partial charge on any atom is 0.269 e. The van der Waals surface area contributed by atoms with Gasteiger partial charge in [0.15, 0.2) is 0 Å². The predicted molar refractivity (Wildman–Crippen MR) is 84.4 cm³/mol. The van der Waals surface area contributed by atoms with Crippen LogP contribution in [0.1, 0.15) is 17.2 Å². The molecule has 0 fully saturated rings. The number of nitrogens with one attached hydrogen (secondary N) is 1. The van der Waals surface area contributed by atoms with Crippen molar-refractivity contribution in [3.63, 3.8) is 0 Å². The molecular weight excluding hydrogens is 320 g/mol. The van der Waals surface area contributed by atoms with Crippen LogP contribution in [0, 0.1) is 17.0 Å². The molecule has 0 aliphatic rings. The van der Waals surface area contributed by atoms with E-state index in [-0.39, 0.29) is 17.1 Å². The second kappa shape index (κ2) is 6.86. The predicted octanol–water partition coefficient (Wildman–Crippen LogP) is 1.92. The molecule has 2 aromatic carbocycles. The molecule has 0 saturated carbocycles. The SMILES string of the molecule is Cc1ccc(S(=O)(=O)NCC(O)c2ccc([N+](=O)[O-])cc2)cc1. The lowest BCUT2D eigenvalue weighted by molar-refractivity contribution is -0.384. The summed E-state index contributed by atoms with van der Waals surface area (Å²) in [5.41, 5.74) is 1.23. The minimum absolute atomic E-state index is 0.0961. The minimum atomic E-state index is -3.72. The van der Waals surface area contributed by atoms with Crippen LogP contribution < -0.4 is 4.72 Å². The normalized spacial score (nSPS) is 12.8. The van der Waals surface area contributed by atoms with Gasteiger partial charge in [0, 0.05) is 18.7 Å². The third kappa shape index (κ3) is 4.35. The van der Waals surface area contributed by atoms with Crippen molar-refractivity contribution >= 4 is 15.7 Å². The molecule has 2 rings (SSSR count). The van der Waals surface area contributed by atoms with Crippen LogP contribution in [0.25, 0.3) is 0 Å². The zero-order valence-corrected chi connectivity index (χ0v) is 13.2. The fraction of sp³-hybridized carbons (Fsp3) is 0.200. The van der Waals surface area contributed by atoms with Crippen molar-refractivity contribution < 1.29 is 18.4 Å². The van der Waals surface area contributed by atoms with Crippen LogP contribution in [-0.4, -0.2) is 25.0 Å². The molecule has 0 aliphatic heterocycles. The third-order valence-corrected chi connectivity index (χ3v) is 4.73. The molecule has 2 aromatic rings. The minimum Gasteiger partial charge on any atom is -0.387 e. The molecule has 0 saturated heterocycles. The van der Waals surface area contributed by atoms with E-state index in [2.05, 4.69) is 4.72 Å². The Hall–Kier alpha value is -2.29. The van der Waals surface area contributed by atoms with E-state index < -0.39 is 21.1 Å². The summed E-state index contributed by atoms with van der Waals surface area (Å²) in [6.45, 7) is 1.62. The van der Waals surface area contributed by atoms with Gasteiger partial charge >= 0.3 is 0 Å². The highest BCUT2D eigenvalue weighted by molar-refractivity contribution is 7.89. The van der Waals surface area contributed by atoms with Gasteiger partial charge in [-0.25, -0.2) is 13.1 Å². The molecular formula is C15H16N2O5S. The molecule has 0 aromatic heterocycles. The number of hydrogen-bond acceptors (Lipinski definition) is 5. The van der Waals surface area contributed by atoms with Crippen molar-refractivity contribution in [2.75, 3.05) is 6.54 Å². The summed E-state index contributed by atoms with van der Waals surface area (Å²) in [7, 11) is -3.72. The van der Waals surface area contributed by atoms with Crippen molar-refractivity contribution in [3.8, 4) is 0 Å². The molecule has 0 amide bonds. The second-order valence-electron chi connectivity index (χ2n) is 5.03. The number of sulfonamides is 1. The molecule has 8 heteroatoms. The summed E-state index contributed by atoms with van der Waals surface area (Å²) in [6, 6.07) is 11.6. The van der Waals surface area contributed by atoms with Crippen molar-refractivity contribution in [1.82, 2.24) is 4.72 Å². The molecule has 0 spiro atoms. The lowest BCUT2D eigenvalue weighted by Gasteiger charge is -2.12. The number of nitro groups is 1. The number of aliphatic hydroxyl groups is 1. The van der Waals surface area contributed by atoms with Crippen LogP contribution in [-0.2, 0) is 10.0 Å². The van der Waals surface area contributed by atoms with Crippen LogP contribution in [0.5, 0.6) is 0 Å². The molecule has 7 nitrogen and oxygen atoms in total. The fourth-order valence-electron chi connectivity index (χ4n) is 1.93. The van der Waals surface area contributed by atoms with Gasteiger partial charge in [-0.15, -0.1) is 0 Å². The van der Waals surface area contributed by atoms with Crippen molar-refractivity contribution in [3.05, 3.63) is 69.8 Å². The average Bonchev–Trinajstić information content (AvgIpc) is 2.53. The summed E-state index contributed by atoms with van der Waals surface area (Å²) < 4.78 is 26.5. The standard InChI is InChI=1S/C15H16N2O5S/c1-11-2-8-14(9-3-11)23(21,22)16-10-15(18)12-4-6-13(7-5-12)17(19)20/h2-9,15-16,18H,10H2,1H3. The van der Waals surface area contributed by atoms with E-state index in [1.807, 2.05) is 6.92 Å². The number of aryl methyl sites for hydroxylation is 1. The summed E-state index contributed by atoms with van der Waals surface area (Å²) in [5, 5.41) is 20.6. The Morgan fingerprint density at radius 3 is 2.22 bits per heavy atom. The molecule has 1 atom stereocenters. The number of non-ortho nitro benzene ring substituents is 1. The number of aliphatic hydroxyl groups excluding tert-OH is 1. The number of benzene rings is 2. The Labute approximate surface area is 133 Å². The van der Waals surface area contributed by atoms with Gasteiger partial charge in [0.2, 0.25) is 10.0 Å². The topological polar surface area (TPSA) is 110 Å². The summed E-state index contributed by atoms with van der Waals surface area (Å²) in [6.07, 6.45) is -1.10. The van der Waals surface area contributed by atoms with Crippen molar-refractivity contribution in [2.24, 2.45) is 0 Å². The van der Waals surface area contributed by atoms with Gasteiger partial charge in [-0.2, -0.15) is 0 Å². The number of nitrogens with zero attached hydrogens (tertiary/aromatic N) is 1. The van der Waals surface area contributed by atoms with Gasteiger partial charge in [-0.3, -0.25) is 10.1 Å². The Morgan fingerprint density at radius 2 is 1.70 bits per heavy atom. The maximum atomic E-state index is 12.1. The Balaban J connectivity index is 2.04. The smallest absolute Gasteiger partial charge is 0.269 e. The van der Waals surface area contributed by atoms with E-state index >= 15 is 0 Å². The number of nitro benzene ring substituents is 1. The van der Waals surface area contributed by atoms with Gasteiger partial charge < -0.3 is 5.11 Å². The average molecular weight is 336 g/mol. The second-order valence-corrected chi connectivity index (χ2v) is 6.80. The van der Waals surface area contributed by atoms with Crippen molar-refractivity contribution in [1.29, 1.82) is 0 Å². The quantitative estimate of drug-likeness (QED) is 0.618. The molecule has 2 N–H and O–H groups in total. The van der Waals surface area contributed by atoms with E-state index in [0.717, 1.165) is 5.56 Å². The van der Waals surface area contributed by atoms with E-state index in [4.69, 9.17) is 0 Å². The molecule has 122 valence electrons. The van der Waals surface area contributed by atoms with Crippen LogP contribution in [0.2, 0.25) is 0 Å². The van der Waals surface area contributed by atoms with Crippen LogP contribution in [0.3, 0.4) is 0 Å². The lowest BCUT2D eigenvalue weighted by atomic mass is 10.1. The van der Waals surface area contributed by atoms with Crippen molar-refractivity contribution in [2.45, 2.75) is 17.9 Å². The Bertz CT molecular complexity index is 786. The largest absolute Gasteiger partial charge is 0.387 e. The van der Waals surface area contributed by atoms with E-state index in [9.17, 15) is 23.6 Å². The van der Waals surface area contributed by atoms with Crippen LogP contribution in [0.15, 0.2) is 53.4 Å². The summed E-state index contributed by atoms with van der Waals surface area (Å²) >= 11 is 0. The van der Waals surface area contributed by atoms with E-state index in [1.165, 1.54) is 36.4 Å². The van der Waals surface area contributed by atoms with Crippen LogP contribution >= 0.6 is 0 Å². The Morgan fingerprint density at radius 1 is 1.13 bits per heavy atom. The van der Waals surface area contributed by atoms with E-state index in [1.54, 1.807) is 12.1 Å². The number of hydrogen-bond donors (Lipinski definition) is 2. The molecule has 0 bridgehead atoms. The lowest BCUT2D eigenvalue weighted by Crippen LogP contribution is -2.28. The Kier molecular flexibility index (Phi) is 5.09. The molecule has 0 radical (unpaired) electrons. The first-order valence-corrected chi connectivity index (χ1v) is 8.26. The fourth-order valence-corrected chi connectivity index (χ4v) is 2.96. The zero-order chi connectivity index (χ0) is 17.0. The van der Waals surface area contributed by atoms with Gasteiger partial charge in [0.05, 0.1) is 15.9 Å². The highest BCUT2D eigenvalue weighted by Crippen LogP contribution is 2.18. The highest BCUT2D eigenvalue weighted by atomic mass is 32.2. The first-order valence-electron chi connectivity index (χ1n) is 6.78. The van der Waals surface area contributed by atoms with Crippen LogP contribution in [0.4, 0.5) is 5.69 Å². The van der Waals surface area contributed by atoms with Gasteiger partial charge in [-0.1, -0.05) is 17.7 Å². The van der Waals surface area contributed by atoms with E-state index in [0.29, 0.717) is 5.56 Å².